The highest BCUT2D eigenvalue weighted by atomic mass is 16.4. The number of amides is 1. The van der Waals surface area contributed by atoms with Crippen molar-refractivity contribution >= 4 is 11.9 Å². The van der Waals surface area contributed by atoms with Gasteiger partial charge in [-0.2, -0.15) is 0 Å². The van der Waals surface area contributed by atoms with Crippen molar-refractivity contribution in [1.29, 1.82) is 0 Å². The van der Waals surface area contributed by atoms with Crippen molar-refractivity contribution in [3.8, 4) is 0 Å². The van der Waals surface area contributed by atoms with E-state index in [2.05, 4.69) is 9.73 Å². The third kappa shape index (κ3) is 2.52. The van der Waals surface area contributed by atoms with E-state index in [1.807, 2.05) is 0 Å². The third-order valence-corrected chi connectivity index (χ3v) is 3.72. The van der Waals surface area contributed by atoms with Crippen molar-refractivity contribution < 1.29 is 19.1 Å². The van der Waals surface area contributed by atoms with Gasteiger partial charge in [0.2, 0.25) is 0 Å². The molecule has 1 amide bonds. The van der Waals surface area contributed by atoms with E-state index in [1.54, 1.807) is 6.92 Å². The summed E-state index contributed by atoms with van der Waals surface area (Å²) >= 11 is 0. The van der Waals surface area contributed by atoms with Gasteiger partial charge >= 0.3 is 11.6 Å². The highest BCUT2D eigenvalue weighted by Crippen LogP contribution is 2.38. The molecule has 1 aromatic heterocycles. The van der Waals surface area contributed by atoms with Gasteiger partial charge in [-0.15, -0.1) is 0 Å². The highest BCUT2D eigenvalue weighted by Gasteiger charge is 2.45. The van der Waals surface area contributed by atoms with Crippen LogP contribution in [0.4, 0.5) is 0 Å². The molecule has 1 aromatic rings. The minimum Gasteiger partial charge on any atom is -0.481 e. The van der Waals surface area contributed by atoms with Gasteiger partial charge in [-0.1, -0.05) is 6.42 Å². The van der Waals surface area contributed by atoms with E-state index < -0.39 is 29.0 Å². The van der Waals surface area contributed by atoms with Crippen LogP contribution in [0, 0.1) is 5.41 Å². The zero-order valence-corrected chi connectivity index (χ0v) is 10.5. The second kappa shape index (κ2) is 4.87. The molecule has 1 aliphatic rings. The van der Waals surface area contributed by atoms with Crippen molar-refractivity contribution in [2.45, 2.75) is 32.2 Å². The minimum absolute atomic E-state index is 0.208. The molecule has 1 aliphatic carbocycles. The molecule has 1 heterocycles. The summed E-state index contributed by atoms with van der Waals surface area (Å²) in [6, 6.07) is 2.10. The Balaban J connectivity index is 2.13. The molecule has 2 N–H and O–H groups in total. The molecule has 1 saturated carbocycles. The molecule has 6 heteroatoms. The summed E-state index contributed by atoms with van der Waals surface area (Å²) in [7, 11) is 0. The standard InChI is InChI=1S/C13H15NO5/c1-13(12(17)18)6-2-3-9(13)14-11(16)8-4-5-10(15)19-7-8/h4-5,7,9H,2-3,6H2,1H3,(H,14,16)(H,17,18). The van der Waals surface area contributed by atoms with Gasteiger partial charge in [-0.05, 0) is 25.8 Å². The number of nitrogens with one attached hydrogen (secondary N) is 1. The highest BCUT2D eigenvalue weighted by molar-refractivity contribution is 5.94. The minimum atomic E-state index is -0.939. The fraction of sp³-hybridized carbons (Fsp3) is 0.462. The molecule has 102 valence electrons. The van der Waals surface area contributed by atoms with Crippen LogP contribution in [0.5, 0.6) is 0 Å². The summed E-state index contributed by atoms with van der Waals surface area (Å²) in [5, 5.41) is 12.0. The first-order valence-corrected chi connectivity index (χ1v) is 6.06. The van der Waals surface area contributed by atoms with Crippen molar-refractivity contribution in [3.05, 3.63) is 34.4 Å². The predicted octanol–water partition coefficient (Wildman–Crippen LogP) is 1.01. The lowest BCUT2D eigenvalue weighted by Crippen LogP contribution is -2.47. The molecule has 0 aromatic carbocycles. The number of carbonyl (C=O) groups excluding carboxylic acids is 1. The Labute approximate surface area is 109 Å². The summed E-state index contributed by atoms with van der Waals surface area (Å²) in [5.41, 5.74) is -1.27. The Morgan fingerprint density at radius 1 is 1.47 bits per heavy atom. The molecule has 1 fully saturated rings. The molecule has 2 atom stereocenters. The van der Waals surface area contributed by atoms with E-state index in [0.29, 0.717) is 12.8 Å². The molecule has 0 saturated heterocycles. The summed E-state index contributed by atoms with van der Waals surface area (Å²) in [6.07, 6.45) is 3.00. The number of hydrogen-bond donors (Lipinski definition) is 2. The molecular weight excluding hydrogens is 250 g/mol. The monoisotopic (exact) mass is 265 g/mol. The lowest BCUT2D eigenvalue weighted by Gasteiger charge is -2.27. The molecule has 2 unspecified atom stereocenters. The Morgan fingerprint density at radius 2 is 2.21 bits per heavy atom. The van der Waals surface area contributed by atoms with Crippen LogP contribution in [0.25, 0.3) is 0 Å². The molecule has 6 nitrogen and oxygen atoms in total. The van der Waals surface area contributed by atoms with Crippen LogP contribution in [0.1, 0.15) is 36.5 Å². The molecular formula is C13H15NO5. The first kappa shape index (κ1) is 13.3. The first-order chi connectivity index (χ1) is 8.93. The third-order valence-electron chi connectivity index (χ3n) is 3.72. The molecule has 0 radical (unpaired) electrons. The topological polar surface area (TPSA) is 96.6 Å². The summed E-state index contributed by atoms with van der Waals surface area (Å²) in [5.74, 6) is -1.34. The second-order valence-corrected chi connectivity index (χ2v) is 4.98. The summed E-state index contributed by atoms with van der Waals surface area (Å²) in [6.45, 7) is 1.64. The molecule has 0 spiro atoms. The summed E-state index contributed by atoms with van der Waals surface area (Å²) < 4.78 is 4.61. The lowest BCUT2D eigenvalue weighted by molar-refractivity contribution is -0.148. The van der Waals surface area contributed by atoms with Gasteiger partial charge in [0.1, 0.15) is 6.26 Å². The molecule has 19 heavy (non-hydrogen) atoms. The molecule has 0 bridgehead atoms. The van der Waals surface area contributed by atoms with Gasteiger partial charge in [0.05, 0.1) is 11.0 Å². The largest absolute Gasteiger partial charge is 0.481 e. The number of aliphatic carboxylic acids is 1. The van der Waals surface area contributed by atoms with Gasteiger partial charge in [0.15, 0.2) is 0 Å². The second-order valence-electron chi connectivity index (χ2n) is 4.98. The van der Waals surface area contributed by atoms with Crippen molar-refractivity contribution in [2.24, 2.45) is 5.41 Å². The van der Waals surface area contributed by atoms with Gasteiger partial charge in [0.25, 0.3) is 5.91 Å². The van der Waals surface area contributed by atoms with Gasteiger partial charge < -0.3 is 14.8 Å². The van der Waals surface area contributed by atoms with Crippen molar-refractivity contribution in [1.82, 2.24) is 5.32 Å². The van der Waals surface area contributed by atoms with E-state index in [4.69, 9.17) is 0 Å². The maximum atomic E-state index is 12.0. The van der Waals surface area contributed by atoms with Crippen molar-refractivity contribution in [3.63, 3.8) is 0 Å². The van der Waals surface area contributed by atoms with E-state index in [0.717, 1.165) is 18.8 Å². The number of carboxylic acids is 1. The maximum Gasteiger partial charge on any atom is 0.335 e. The predicted molar refractivity (Wildman–Crippen MR) is 65.8 cm³/mol. The number of carbonyl (C=O) groups is 2. The fourth-order valence-electron chi connectivity index (χ4n) is 2.38. The first-order valence-electron chi connectivity index (χ1n) is 6.06. The Hall–Kier alpha value is -2.11. The number of rotatable bonds is 3. The maximum absolute atomic E-state index is 12.0. The summed E-state index contributed by atoms with van der Waals surface area (Å²) in [4.78, 5) is 34.0. The van der Waals surface area contributed by atoms with Crippen LogP contribution in [0.3, 0.4) is 0 Å². The average Bonchev–Trinajstić information content (AvgIpc) is 2.73. The van der Waals surface area contributed by atoms with Gasteiger partial charge in [-0.25, -0.2) is 4.79 Å². The van der Waals surface area contributed by atoms with Crippen LogP contribution >= 0.6 is 0 Å². The van der Waals surface area contributed by atoms with E-state index in [-0.39, 0.29) is 5.56 Å². The Morgan fingerprint density at radius 3 is 2.79 bits per heavy atom. The fourth-order valence-corrected chi connectivity index (χ4v) is 2.38. The SMILES string of the molecule is CC1(C(=O)O)CCCC1NC(=O)c1ccc(=O)oc1. The molecule has 2 rings (SSSR count). The Bertz CT molecular complexity index is 544. The molecule has 0 aliphatic heterocycles. The van der Waals surface area contributed by atoms with Crippen LogP contribution in [0.2, 0.25) is 0 Å². The zero-order valence-electron chi connectivity index (χ0n) is 10.5. The van der Waals surface area contributed by atoms with E-state index in [1.165, 1.54) is 6.07 Å². The zero-order chi connectivity index (χ0) is 14.0. The number of hydrogen-bond acceptors (Lipinski definition) is 4. The normalized spacial score (nSPS) is 26.1. The van der Waals surface area contributed by atoms with E-state index in [9.17, 15) is 19.5 Å². The van der Waals surface area contributed by atoms with Gasteiger partial charge in [0, 0.05) is 12.1 Å². The number of carboxylic acid groups (broad SMARTS) is 1. The average molecular weight is 265 g/mol. The Kier molecular flexibility index (Phi) is 3.42. The van der Waals surface area contributed by atoms with Crippen LogP contribution in [-0.2, 0) is 4.79 Å². The van der Waals surface area contributed by atoms with Gasteiger partial charge in [-0.3, -0.25) is 9.59 Å². The van der Waals surface area contributed by atoms with Crippen molar-refractivity contribution in [2.75, 3.05) is 0 Å². The smallest absolute Gasteiger partial charge is 0.335 e. The van der Waals surface area contributed by atoms with Crippen LogP contribution < -0.4 is 10.9 Å². The van der Waals surface area contributed by atoms with Crippen LogP contribution in [0.15, 0.2) is 27.6 Å². The lowest BCUT2D eigenvalue weighted by atomic mass is 9.85. The quantitative estimate of drug-likeness (QED) is 0.850. The van der Waals surface area contributed by atoms with Crippen LogP contribution in [-0.4, -0.2) is 23.0 Å². The van der Waals surface area contributed by atoms with E-state index >= 15 is 0 Å².